The van der Waals surface area contributed by atoms with Gasteiger partial charge < -0.3 is 4.74 Å². The first-order valence-electron chi connectivity index (χ1n) is 10.5. The van der Waals surface area contributed by atoms with E-state index in [1.165, 1.54) is 44.1 Å². The Morgan fingerprint density at radius 2 is 1.92 bits per heavy atom. The molecule has 0 aromatic heterocycles. The normalized spacial score (nSPS) is 54.8. The molecule has 1 saturated heterocycles. The Hall–Kier alpha value is -0.280. The summed E-state index contributed by atoms with van der Waals surface area (Å²) in [6.45, 7) is 5.97. The number of ether oxygens (including phenoxy) is 1. The Morgan fingerprint density at radius 3 is 2.68 bits per heavy atom. The maximum absolute atomic E-state index is 12.0. The van der Waals surface area contributed by atoms with E-state index in [9.17, 15) is 4.79 Å². The second-order valence-corrected chi connectivity index (χ2v) is 10.7. The number of carbonyl (C=O) groups excluding carboxylic acids is 1. The number of rotatable bonds is 0. The van der Waals surface area contributed by atoms with Crippen molar-refractivity contribution in [2.75, 3.05) is 6.61 Å². The fraction of sp³-hybridized carbons (Fsp3) is 0.864. The molecule has 1 unspecified atom stereocenters. The Labute approximate surface area is 157 Å². The van der Waals surface area contributed by atoms with Gasteiger partial charge in [-0.3, -0.25) is 4.79 Å². The average Bonchev–Trinajstić information content (AvgIpc) is 3.17. The van der Waals surface area contributed by atoms with E-state index in [-0.39, 0.29) is 11.0 Å². The second kappa shape index (κ2) is 5.38. The van der Waals surface area contributed by atoms with Gasteiger partial charge in [0.25, 0.3) is 0 Å². The molecule has 1 aliphatic heterocycles. The molecule has 0 radical (unpaired) electrons. The molecule has 0 aromatic carbocycles. The lowest BCUT2D eigenvalue weighted by atomic mass is 9.46. The van der Waals surface area contributed by atoms with Crippen molar-refractivity contribution >= 4 is 18.4 Å². The molecule has 3 heteroatoms. The van der Waals surface area contributed by atoms with Crippen molar-refractivity contribution in [3.05, 3.63) is 11.6 Å². The first-order chi connectivity index (χ1) is 11.9. The van der Waals surface area contributed by atoms with Crippen LogP contribution in [0.3, 0.4) is 0 Å². The van der Waals surface area contributed by atoms with Crippen LogP contribution in [0.5, 0.6) is 0 Å². The zero-order chi connectivity index (χ0) is 17.4. The molecule has 1 heterocycles. The summed E-state index contributed by atoms with van der Waals surface area (Å²) in [6.07, 6.45) is 12.5. The molecular weight excluding hydrogens is 328 g/mol. The smallest absolute Gasteiger partial charge is 0.155 e. The van der Waals surface area contributed by atoms with E-state index < -0.39 is 0 Å². The summed E-state index contributed by atoms with van der Waals surface area (Å²) in [6, 6.07) is 0. The summed E-state index contributed by atoms with van der Waals surface area (Å²) in [5.74, 6) is 2.49. The molecule has 5 rings (SSSR count). The molecular formula is C22H32O2S. The van der Waals surface area contributed by atoms with E-state index in [1.54, 1.807) is 0 Å². The predicted molar refractivity (Wildman–Crippen MR) is 103 cm³/mol. The van der Waals surface area contributed by atoms with E-state index in [1.807, 2.05) is 6.08 Å². The summed E-state index contributed by atoms with van der Waals surface area (Å²) in [5.41, 5.74) is 2.16. The number of fused-ring (bicyclic) bond motifs is 6. The molecule has 0 bridgehead atoms. The van der Waals surface area contributed by atoms with Crippen LogP contribution in [0.15, 0.2) is 11.6 Å². The Bertz CT molecular complexity index is 634. The number of ketones is 1. The van der Waals surface area contributed by atoms with Crippen molar-refractivity contribution < 1.29 is 9.53 Å². The van der Waals surface area contributed by atoms with E-state index in [0.717, 1.165) is 31.8 Å². The Morgan fingerprint density at radius 1 is 1.12 bits per heavy atom. The summed E-state index contributed by atoms with van der Waals surface area (Å²) in [7, 11) is 0. The van der Waals surface area contributed by atoms with Gasteiger partial charge in [0.15, 0.2) is 5.78 Å². The van der Waals surface area contributed by atoms with E-state index >= 15 is 0 Å². The fourth-order valence-electron chi connectivity index (χ4n) is 7.97. The van der Waals surface area contributed by atoms with Crippen LogP contribution in [0.25, 0.3) is 0 Å². The molecule has 4 fully saturated rings. The van der Waals surface area contributed by atoms with Crippen molar-refractivity contribution in [3.8, 4) is 0 Å². The lowest BCUT2D eigenvalue weighted by Crippen LogP contribution is -2.57. The third kappa shape index (κ3) is 2.06. The quantitative estimate of drug-likeness (QED) is 0.617. The van der Waals surface area contributed by atoms with Crippen molar-refractivity contribution in [2.45, 2.75) is 82.5 Å². The van der Waals surface area contributed by atoms with Gasteiger partial charge in [-0.1, -0.05) is 19.4 Å². The van der Waals surface area contributed by atoms with Gasteiger partial charge in [0.05, 0.1) is 5.60 Å². The molecule has 5 aliphatic rings. The van der Waals surface area contributed by atoms with Gasteiger partial charge in [0, 0.05) is 18.3 Å². The summed E-state index contributed by atoms with van der Waals surface area (Å²) >= 11 is 5.12. The lowest BCUT2D eigenvalue weighted by Gasteiger charge is -2.60. The van der Waals surface area contributed by atoms with Gasteiger partial charge in [-0.2, -0.15) is 12.6 Å². The monoisotopic (exact) mass is 360 g/mol. The van der Waals surface area contributed by atoms with E-state index in [4.69, 9.17) is 17.4 Å². The minimum Gasteiger partial charge on any atom is -0.374 e. The van der Waals surface area contributed by atoms with Gasteiger partial charge in [-0.25, -0.2) is 0 Å². The molecule has 0 amide bonds. The second-order valence-electron chi connectivity index (χ2n) is 10.1. The maximum atomic E-state index is 12.0. The molecule has 4 aliphatic carbocycles. The standard InChI is InChI=1S/C22H32O2S/c1-20-8-4-15(23)12-14(20)13-18(25)19-16(20)5-9-21(2)17(19)6-10-22(21)7-3-11-24-22/h12,16-19,25H,3-11,13H2,1-2H3/t16-,17-,18+,19+,20-,21-,22?/m0/s1. The number of allylic oxidation sites excluding steroid dienone is 1. The van der Waals surface area contributed by atoms with Crippen molar-refractivity contribution in [1.29, 1.82) is 0 Å². The highest BCUT2D eigenvalue weighted by molar-refractivity contribution is 7.81. The molecule has 3 saturated carbocycles. The SMILES string of the molecule is C[C@]12CCC(=O)C=C1C[C@@H](S)[C@@H]1[C@@H]2CC[C@@]2(C)[C@H]1CCC21CCCO1. The van der Waals surface area contributed by atoms with Gasteiger partial charge >= 0.3 is 0 Å². The molecule has 0 N–H and O–H groups in total. The fourth-order valence-corrected chi connectivity index (χ4v) is 8.58. The van der Waals surface area contributed by atoms with Crippen LogP contribution in [-0.2, 0) is 9.53 Å². The molecule has 25 heavy (non-hydrogen) atoms. The topological polar surface area (TPSA) is 26.3 Å². The van der Waals surface area contributed by atoms with Crippen molar-refractivity contribution in [2.24, 2.45) is 28.6 Å². The van der Waals surface area contributed by atoms with Crippen molar-refractivity contribution in [3.63, 3.8) is 0 Å². The number of thiol groups is 1. The van der Waals surface area contributed by atoms with Gasteiger partial charge in [-0.15, -0.1) is 0 Å². The van der Waals surface area contributed by atoms with Gasteiger partial charge in [0.2, 0.25) is 0 Å². The Kier molecular flexibility index (Phi) is 3.63. The van der Waals surface area contributed by atoms with Crippen LogP contribution < -0.4 is 0 Å². The third-order valence-electron chi connectivity index (χ3n) is 9.38. The van der Waals surface area contributed by atoms with Crippen LogP contribution >= 0.6 is 12.6 Å². The summed E-state index contributed by atoms with van der Waals surface area (Å²) in [5, 5.41) is 0.413. The third-order valence-corrected chi connectivity index (χ3v) is 9.90. The van der Waals surface area contributed by atoms with Gasteiger partial charge in [0.1, 0.15) is 0 Å². The predicted octanol–water partition coefficient (Wildman–Crippen LogP) is 4.98. The van der Waals surface area contributed by atoms with E-state index in [0.29, 0.717) is 28.3 Å². The number of carbonyl (C=O) groups is 1. The molecule has 2 nitrogen and oxygen atoms in total. The van der Waals surface area contributed by atoms with Crippen molar-refractivity contribution in [1.82, 2.24) is 0 Å². The number of hydrogen-bond donors (Lipinski definition) is 1. The largest absolute Gasteiger partial charge is 0.374 e. The van der Waals surface area contributed by atoms with Crippen LogP contribution in [0.1, 0.15) is 71.6 Å². The molecule has 1 spiro atoms. The molecule has 138 valence electrons. The summed E-state index contributed by atoms with van der Waals surface area (Å²) in [4.78, 5) is 12.0. The zero-order valence-corrected chi connectivity index (χ0v) is 16.6. The molecule has 0 aromatic rings. The highest BCUT2D eigenvalue weighted by atomic mass is 32.1. The van der Waals surface area contributed by atoms with Crippen LogP contribution in [0.4, 0.5) is 0 Å². The van der Waals surface area contributed by atoms with Crippen LogP contribution in [0.2, 0.25) is 0 Å². The highest BCUT2D eigenvalue weighted by Crippen LogP contribution is 2.70. The number of hydrogen-bond acceptors (Lipinski definition) is 3. The highest BCUT2D eigenvalue weighted by Gasteiger charge is 2.66. The maximum Gasteiger partial charge on any atom is 0.155 e. The lowest BCUT2D eigenvalue weighted by molar-refractivity contribution is -0.135. The van der Waals surface area contributed by atoms with Crippen LogP contribution in [-0.4, -0.2) is 23.2 Å². The zero-order valence-electron chi connectivity index (χ0n) is 15.7. The Balaban J connectivity index is 1.53. The van der Waals surface area contributed by atoms with E-state index in [2.05, 4.69) is 13.8 Å². The van der Waals surface area contributed by atoms with Crippen LogP contribution in [0, 0.1) is 28.6 Å². The minimum absolute atomic E-state index is 0.162. The first kappa shape index (κ1) is 16.9. The average molecular weight is 361 g/mol. The van der Waals surface area contributed by atoms with Gasteiger partial charge in [-0.05, 0) is 86.0 Å². The summed E-state index contributed by atoms with van der Waals surface area (Å²) < 4.78 is 6.45. The molecule has 7 atom stereocenters. The first-order valence-corrected chi connectivity index (χ1v) is 11.0. The minimum atomic E-state index is 0.162.